The molecule has 2 heterocycles. The molecular formula is C11H18N2O. The first-order chi connectivity index (χ1) is 6.84. The Bertz CT molecular complexity index is 238. The molecule has 0 unspecified atom stereocenters. The molecule has 1 saturated carbocycles. The molecular weight excluding hydrogens is 176 g/mol. The predicted octanol–water partition coefficient (Wildman–Crippen LogP) is 0.607. The molecule has 14 heavy (non-hydrogen) atoms. The fraction of sp³-hybridized carbons (Fsp3) is 0.909. The zero-order chi connectivity index (χ0) is 9.54. The van der Waals surface area contributed by atoms with Gasteiger partial charge in [0.15, 0.2) is 0 Å². The molecule has 0 aromatic carbocycles. The molecule has 1 aliphatic carbocycles. The molecule has 3 nitrogen and oxygen atoms in total. The Labute approximate surface area is 84.8 Å². The number of nitrogens with one attached hydrogen (secondary N) is 1. The number of hydrogen-bond acceptors (Lipinski definition) is 2. The summed E-state index contributed by atoms with van der Waals surface area (Å²) in [5.41, 5.74) is 0. The van der Waals surface area contributed by atoms with Crippen LogP contribution in [0, 0.1) is 11.8 Å². The van der Waals surface area contributed by atoms with E-state index in [2.05, 4.69) is 10.2 Å². The highest BCUT2D eigenvalue weighted by molar-refractivity contribution is 5.80. The molecule has 0 spiro atoms. The van der Waals surface area contributed by atoms with Crippen molar-refractivity contribution in [2.75, 3.05) is 19.6 Å². The van der Waals surface area contributed by atoms with Crippen molar-refractivity contribution in [1.29, 1.82) is 0 Å². The molecule has 3 aliphatic rings. The van der Waals surface area contributed by atoms with Gasteiger partial charge in [0.05, 0.1) is 0 Å². The van der Waals surface area contributed by atoms with Gasteiger partial charge in [0.1, 0.15) is 0 Å². The number of nitrogens with zero attached hydrogens (tertiary/aromatic N) is 1. The Morgan fingerprint density at radius 2 is 2.07 bits per heavy atom. The summed E-state index contributed by atoms with van der Waals surface area (Å²) in [5.74, 6) is 1.57. The molecule has 1 N–H and O–H groups in total. The Hall–Kier alpha value is -0.570. The van der Waals surface area contributed by atoms with Crippen molar-refractivity contribution >= 4 is 5.91 Å². The highest BCUT2D eigenvalue weighted by Gasteiger charge is 2.40. The minimum absolute atomic E-state index is 0.383. The number of fused-ring (bicyclic) bond motifs is 1. The molecule has 2 aliphatic heterocycles. The molecule has 0 aromatic heterocycles. The van der Waals surface area contributed by atoms with Crippen LogP contribution in [0.4, 0.5) is 0 Å². The lowest BCUT2D eigenvalue weighted by Crippen LogP contribution is -2.39. The van der Waals surface area contributed by atoms with Crippen LogP contribution in [0.3, 0.4) is 0 Å². The summed E-state index contributed by atoms with van der Waals surface area (Å²) >= 11 is 0. The Kier molecular flexibility index (Phi) is 2.01. The molecule has 1 amide bonds. The second-order valence-electron chi connectivity index (χ2n) is 4.98. The van der Waals surface area contributed by atoms with E-state index in [-0.39, 0.29) is 0 Å². The fourth-order valence-electron chi connectivity index (χ4n) is 2.94. The van der Waals surface area contributed by atoms with Gasteiger partial charge in [-0.25, -0.2) is 0 Å². The summed E-state index contributed by atoms with van der Waals surface area (Å²) in [5, 5.41) is 3.48. The van der Waals surface area contributed by atoms with Gasteiger partial charge in [0.25, 0.3) is 0 Å². The molecule has 3 rings (SSSR count). The lowest BCUT2D eigenvalue weighted by atomic mass is 9.84. The van der Waals surface area contributed by atoms with Crippen LogP contribution in [0.2, 0.25) is 0 Å². The van der Waals surface area contributed by atoms with E-state index in [4.69, 9.17) is 0 Å². The minimum atomic E-state index is 0.383. The van der Waals surface area contributed by atoms with Crippen LogP contribution in [0.5, 0.6) is 0 Å². The topological polar surface area (TPSA) is 32.3 Å². The standard InChI is InChI=1S/C11H18N2O/c14-11(8-2-1-3-8)13-6-9-4-5-12-10(9)7-13/h8-10,12H,1-7H2/t9-,10+/m0/s1. The number of carbonyl (C=O) groups is 1. The van der Waals surface area contributed by atoms with Gasteiger partial charge < -0.3 is 10.2 Å². The Morgan fingerprint density at radius 1 is 1.21 bits per heavy atom. The quantitative estimate of drug-likeness (QED) is 0.663. The van der Waals surface area contributed by atoms with E-state index in [1.807, 2.05) is 0 Å². The summed E-state index contributed by atoms with van der Waals surface area (Å²) in [4.78, 5) is 14.1. The maximum absolute atomic E-state index is 12.0. The number of hydrogen-bond donors (Lipinski definition) is 1. The van der Waals surface area contributed by atoms with E-state index >= 15 is 0 Å². The third kappa shape index (κ3) is 1.26. The van der Waals surface area contributed by atoms with Crippen LogP contribution in [-0.4, -0.2) is 36.5 Å². The summed E-state index contributed by atoms with van der Waals surface area (Å²) in [6.07, 6.45) is 4.80. The summed E-state index contributed by atoms with van der Waals surface area (Å²) < 4.78 is 0. The van der Waals surface area contributed by atoms with Crippen LogP contribution < -0.4 is 5.32 Å². The van der Waals surface area contributed by atoms with E-state index in [0.29, 0.717) is 17.9 Å². The number of rotatable bonds is 1. The molecule has 2 atom stereocenters. The van der Waals surface area contributed by atoms with E-state index in [0.717, 1.165) is 38.4 Å². The average molecular weight is 194 g/mol. The van der Waals surface area contributed by atoms with Crippen molar-refractivity contribution in [2.24, 2.45) is 11.8 Å². The number of likely N-dealkylation sites (tertiary alicyclic amines) is 1. The zero-order valence-corrected chi connectivity index (χ0v) is 8.54. The number of amides is 1. The molecule has 2 saturated heterocycles. The van der Waals surface area contributed by atoms with Gasteiger partial charge in [0.2, 0.25) is 5.91 Å². The summed E-state index contributed by atoms with van der Waals surface area (Å²) in [6.45, 7) is 3.15. The Morgan fingerprint density at radius 3 is 2.71 bits per heavy atom. The van der Waals surface area contributed by atoms with Gasteiger partial charge in [-0.3, -0.25) is 4.79 Å². The average Bonchev–Trinajstić information content (AvgIpc) is 2.56. The summed E-state index contributed by atoms with van der Waals surface area (Å²) in [7, 11) is 0. The predicted molar refractivity (Wildman–Crippen MR) is 53.8 cm³/mol. The molecule has 3 heteroatoms. The third-order valence-electron chi connectivity index (χ3n) is 4.13. The maximum atomic E-state index is 12.0. The molecule has 0 bridgehead atoms. The minimum Gasteiger partial charge on any atom is -0.341 e. The van der Waals surface area contributed by atoms with Gasteiger partial charge in [-0.05, 0) is 31.7 Å². The second-order valence-corrected chi connectivity index (χ2v) is 4.98. The van der Waals surface area contributed by atoms with E-state index < -0.39 is 0 Å². The van der Waals surface area contributed by atoms with Crippen molar-refractivity contribution in [2.45, 2.75) is 31.7 Å². The Balaban J connectivity index is 1.61. The van der Waals surface area contributed by atoms with Crippen molar-refractivity contribution < 1.29 is 4.79 Å². The van der Waals surface area contributed by atoms with Crippen LogP contribution in [-0.2, 0) is 4.79 Å². The SMILES string of the molecule is O=C(C1CCC1)N1C[C@@H]2CCN[C@@H]2C1. The smallest absolute Gasteiger partial charge is 0.225 e. The van der Waals surface area contributed by atoms with Crippen LogP contribution in [0.1, 0.15) is 25.7 Å². The second kappa shape index (κ2) is 3.23. The molecule has 3 fully saturated rings. The fourth-order valence-corrected chi connectivity index (χ4v) is 2.94. The molecule has 0 radical (unpaired) electrons. The van der Waals surface area contributed by atoms with Crippen LogP contribution >= 0.6 is 0 Å². The first-order valence-electron chi connectivity index (χ1n) is 5.87. The van der Waals surface area contributed by atoms with Crippen molar-refractivity contribution in [3.8, 4) is 0 Å². The molecule has 0 aromatic rings. The lowest BCUT2D eigenvalue weighted by molar-refractivity contribution is -0.137. The highest BCUT2D eigenvalue weighted by Crippen LogP contribution is 2.32. The van der Waals surface area contributed by atoms with Gasteiger partial charge in [-0.2, -0.15) is 0 Å². The largest absolute Gasteiger partial charge is 0.341 e. The van der Waals surface area contributed by atoms with Gasteiger partial charge in [-0.15, -0.1) is 0 Å². The third-order valence-corrected chi connectivity index (χ3v) is 4.13. The van der Waals surface area contributed by atoms with E-state index in [1.165, 1.54) is 12.8 Å². The van der Waals surface area contributed by atoms with Crippen molar-refractivity contribution in [1.82, 2.24) is 10.2 Å². The summed E-state index contributed by atoms with van der Waals surface area (Å²) in [6, 6.07) is 0.610. The van der Waals surface area contributed by atoms with Crippen molar-refractivity contribution in [3.63, 3.8) is 0 Å². The monoisotopic (exact) mass is 194 g/mol. The first-order valence-corrected chi connectivity index (χ1v) is 5.87. The first kappa shape index (κ1) is 8.72. The van der Waals surface area contributed by atoms with E-state index in [1.54, 1.807) is 0 Å². The normalized spacial score (nSPS) is 37.0. The van der Waals surface area contributed by atoms with Crippen LogP contribution in [0.15, 0.2) is 0 Å². The van der Waals surface area contributed by atoms with Gasteiger partial charge >= 0.3 is 0 Å². The highest BCUT2D eigenvalue weighted by atomic mass is 16.2. The lowest BCUT2D eigenvalue weighted by Gasteiger charge is -2.29. The van der Waals surface area contributed by atoms with E-state index in [9.17, 15) is 4.79 Å². The van der Waals surface area contributed by atoms with Gasteiger partial charge in [-0.1, -0.05) is 6.42 Å². The molecule has 78 valence electrons. The maximum Gasteiger partial charge on any atom is 0.225 e. The van der Waals surface area contributed by atoms with Crippen molar-refractivity contribution in [3.05, 3.63) is 0 Å². The number of carbonyl (C=O) groups excluding carboxylic acids is 1. The zero-order valence-electron chi connectivity index (χ0n) is 8.54. The van der Waals surface area contributed by atoms with Gasteiger partial charge in [0, 0.05) is 25.0 Å². The van der Waals surface area contributed by atoms with Crippen LogP contribution in [0.25, 0.3) is 0 Å².